The molecule has 0 amide bonds. The predicted molar refractivity (Wildman–Crippen MR) is 61.2 cm³/mol. The lowest BCUT2D eigenvalue weighted by Crippen LogP contribution is -2.07. The third kappa shape index (κ3) is 2.65. The summed E-state index contributed by atoms with van der Waals surface area (Å²) in [5.41, 5.74) is 0.202. The first-order valence-corrected chi connectivity index (χ1v) is 4.72. The van der Waals surface area contributed by atoms with E-state index in [1.165, 1.54) is 24.3 Å². The monoisotopic (exact) mass is 232 g/mol. The minimum Gasteiger partial charge on any atom is -0.339 e. The normalized spacial score (nSPS) is 9.88. The molecule has 2 rings (SSSR count). The first-order chi connectivity index (χ1) is 8.15. The summed E-state index contributed by atoms with van der Waals surface area (Å²) in [6.07, 6.45) is 0. The molecule has 0 bridgehead atoms. The Labute approximate surface area is 95.3 Å². The highest BCUT2D eigenvalue weighted by atomic mass is 16.6. The highest BCUT2D eigenvalue weighted by Gasteiger charge is 2.05. The average Bonchev–Trinajstić information content (AvgIpc) is 2.32. The van der Waals surface area contributed by atoms with E-state index in [-0.39, 0.29) is 11.2 Å². The van der Waals surface area contributed by atoms with E-state index in [1.807, 2.05) is 0 Å². The van der Waals surface area contributed by atoms with Gasteiger partial charge >= 0.3 is 0 Å². The van der Waals surface area contributed by atoms with Gasteiger partial charge in [-0.3, -0.25) is 14.9 Å². The molecule has 0 aliphatic rings. The van der Waals surface area contributed by atoms with Crippen molar-refractivity contribution in [3.8, 4) is 0 Å². The zero-order valence-corrected chi connectivity index (χ0v) is 8.58. The van der Waals surface area contributed by atoms with Crippen molar-refractivity contribution in [2.75, 3.05) is 5.32 Å². The molecule has 7 nitrogen and oxygen atoms in total. The van der Waals surface area contributed by atoms with Crippen LogP contribution in [0.4, 0.5) is 17.2 Å². The molecular formula is C10H8N4O3. The molecule has 0 unspecified atom stereocenters. The smallest absolute Gasteiger partial charge is 0.271 e. The van der Waals surface area contributed by atoms with Gasteiger partial charge in [0.15, 0.2) is 5.82 Å². The van der Waals surface area contributed by atoms with Crippen LogP contribution in [0.5, 0.6) is 0 Å². The van der Waals surface area contributed by atoms with Crippen molar-refractivity contribution >= 4 is 17.2 Å². The van der Waals surface area contributed by atoms with Crippen LogP contribution in [0.15, 0.2) is 41.2 Å². The standard InChI is InChI=1S/C10H8N4O3/c15-10-5-4-9(12-13-10)11-7-2-1-3-8(6-7)14(16)17/h1-6H,(H,11,12)(H,13,15). The van der Waals surface area contributed by atoms with Gasteiger partial charge in [0.2, 0.25) is 0 Å². The summed E-state index contributed by atoms with van der Waals surface area (Å²) < 4.78 is 0. The highest BCUT2D eigenvalue weighted by Crippen LogP contribution is 2.19. The molecule has 0 radical (unpaired) electrons. The Bertz CT molecular complexity index is 588. The number of non-ortho nitro benzene ring substituents is 1. The van der Waals surface area contributed by atoms with Gasteiger partial charge in [-0.15, -0.1) is 0 Å². The molecule has 0 atom stereocenters. The predicted octanol–water partition coefficient (Wildman–Crippen LogP) is 1.42. The Morgan fingerprint density at radius 2 is 2.12 bits per heavy atom. The van der Waals surface area contributed by atoms with Crippen molar-refractivity contribution in [2.24, 2.45) is 0 Å². The number of benzene rings is 1. The summed E-state index contributed by atoms with van der Waals surface area (Å²) in [7, 11) is 0. The van der Waals surface area contributed by atoms with Gasteiger partial charge in [-0.1, -0.05) is 6.07 Å². The van der Waals surface area contributed by atoms with E-state index in [4.69, 9.17) is 0 Å². The molecule has 2 N–H and O–H groups in total. The number of nitrogens with zero attached hydrogens (tertiary/aromatic N) is 2. The topological polar surface area (TPSA) is 101 Å². The third-order valence-corrected chi connectivity index (χ3v) is 2.01. The second-order valence-corrected chi connectivity index (χ2v) is 3.24. The molecule has 0 saturated heterocycles. The van der Waals surface area contributed by atoms with Crippen LogP contribution in [0, 0.1) is 10.1 Å². The van der Waals surface area contributed by atoms with Gasteiger partial charge in [0.25, 0.3) is 11.2 Å². The van der Waals surface area contributed by atoms with E-state index in [9.17, 15) is 14.9 Å². The maximum absolute atomic E-state index is 10.8. The molecule has 0 saturated carbocycles. The Hall–Kier alpha value is -2.70. The maximum Gasteiger partial charge on any atom is 0.271 e. The van der Waals surface area contributed by atoms with Crippen LogP contribution in [-0.4, -0.2) is 15.1 Å². The minimum absolute atomic E-state index is 0.0144. The van der Waals surface area contributed by atoms with Gasteiger partial charge in [-0.2, -0.15) is 5.10 Å². The number of H-pyrrole nitrogens is 1. The van der Waals surface area contributed by atoms with Gasteiger partial charge in [-0.05, 0) is 12.1 Å². The van der Waals surface area contributed by atoms with Crippen molar-refractivity contribution in [3.63, 3.8) is 0 Å². The van der Waals surface area contributed by atoms with Crippen LogP contribution in [0.25, 0.3) is 0 Å². The minimum atomic E-state index is -0.481. The SMILES string of the molecule is O=c1ccc(Nc2cccc([N+](=O)[O-])c2)n[nH]1. The van der Waals surface area contributed by atoms with Gasteiger partial charge in [0.05, 0.1) is 4.92 Å². The number of hydrogen-bond donors (Lipinski definition) is 2. The Morgan fingerprint density at radius 1 is 1.29 bits per heavy atom. The number of nitro groups is 1. The van der Waals surface area contributed by atoms with Crippen LogP contribution in [0.2, 0.25) is 0 Å². The fourth-order valence-electron chi connectivity index (χ4n) is 1.26. The molecule has 1 aromatic heterocycles. The Balaban J connectivity index is 2.24. The second-order valence-electron chi connectivity index (χ2n) is 3.24. The van der Waals surface area contributed by atoms with E-state index in [0.29, 0.717) is 11.5 Å². The number of aromatic amines is 1. The zero-order valence-electron chi connectivity index (χ0n) is 8.58. The maximum atomic E-state index is 10.8. The number of aromatic nitrogens is 2. The van der Waals surface area contributed by atoms with Crippen molar-refractivity contribution in [2.45, 2.75) is 0 Å². The first-order valence-electron chi connectivity index (χ1n) is 4.72. The summed E-state index contributed by atoms with van der Waals surface area (Å²) in [6.45, 7) is 0. The summed E-state index contributed by atoms with van der Waals surface area (Å²) >= 11 is 0. The molecule has 0 fully saturated rings. The molecule has 0 aliphatic heterocycles. The quantitative estimate of drug-likeness (QED) is 0.615. The fraction of sp³-hybridized carbons (Fsp3) is 0. The van der Waals surface area contributed by atoms with Crippen molar-refractivity contribution in [1.82, 2.24) is 10.2 Å². The number of rotatable bonds is 3. The van der Waals surface area contributed by atoms with Crippen LogP contribution in [0.3, 0.4) is 0 Å². The summed E-state index contributed by atoms with van der Waals surface area (Å²) in [5.74, 6) is 0.407. The van der Waals surface area contributed by atoms with Crippen molar-refractivity contribution < 1.29 is 4.92 Å². The molecule has 1 aromatic carbocycles. The number of nitro benzene ring substituents is 1. The molecule has 2 aromatic rings. The molecule has 0 spiro atoms. The summed E-state index contributed by atoms with van der Waals surface area (Å²) in [6, 6.07) is 8.80. The average molecular weight is 232 g/mol. The summed E-state index contributed by atoms with van der Waals surface area (Å²) in [4.78, 5) is 20.9. The molecule has 7 heteroatoms. The molecular weight excluding hydrogens is 224 g/mol. The van der Waals surface area contributed by atoms with Crippen LogP contribution >= 0.6 is 0 Å². The van der Waals surface area contributed by atoms with Gasteiger partial charge in [0, 0.05) is 23.9 Å². The van der Waals surface area contributed by atoms with E-state index >= 15 is 0 Å². The lowest BCUT2D eigenvalue weighted by atomic mass is 10.3. The van der Waals surface area contributed by atoms with Gasteiger partial charge in [0.1, 0.15) is 0 Å². The van der Waals surface area contributed by atoms with Crippen LogP contribution < -0.4 is 10.9 Å². The van der Waals surface area contributed by atoms with E-state index in [2.05, 4.69) is 15.5 Å². The Kier molecular flexibility index (Phi) is 2.82. The van der Waals surface area contributed by atoms with Crippen LogP contribution in [0.1, 0.15) is 0 Å². The van der Waals surface area contributed by atoms with E-state index < -0.39 is 4.92 Å². The second kappa shape index (κ2) is 4.44. The number of anilines is 2. The van der Waals surface area contributed by atoms with E-state index in [1.54, 1.807) is 12.1 Å². The number of hydrogen-bond acceptors (Lipinski definition) is 5. The van der Waals surface area contributed by atoms with E-state index in [0.717, 1.165) is 0 Å². The van der Waals surface area contributed by atoms with Crippen LogP contribution in [-0.2, 0) is 0 Å². The molecule has 86 valence electrons. The summed E-state index contributed by atoms with van der Waals surface area (Å²) in [5, 5.41) is 19.4. The molecule has 1 heterocycles. The largest absolute Gasteiger partial charge is 0.339 e. The van der Waals surface area contributed by atoms with Gasteiger partial charge in [-0.25, -0.2) is 5.10 Å². The zero-order chi connectivity index (χ0) is 12.3. The molecule has 17 heavy (non-hydrogen) atoms. The fourth-order valence-corrected chi connectivity index (χ4v) is 1.26. The molecule has 0 aliphatic carbocycles. The highest BCUT2D eigenvalue weighted by molar-refractivity contribution is 5.58. The number of nitrogens with one attached hydrogen (secondary N) is 2. The first kappa shape index (κ1) is 10.8. The lowest BCUT2D eigenvalue weighted by Gasteiger charge is -2.03. The van der Waals surface area contributed by atoms with Crippen molar-refractivity contribution in [3.05, 3.63) is 56.9 Å². The Morgan fingerprint density at radius 3 is 2.76 bits per heavy atom. The van der Waals surface area contributed by atoms with Gasteiger partial charge < -0.3 is 5.32 Å². The van der Waals surface area contributed by atoms with Crippen molar-refractivity contribution in [1.29, 1.82) is 0 Å². The lowest BCUT2D eigenvalue weighted by molar-refractivity contribution is -0.384. The third-order valence-electron chi connectivity index (χ3n) is 2.01.